The van der Waals surface area contributed by atoms with Crippen LogP contribution in [0.2, 0.25) is 0 Å². The van der Waals surface area contributed by atoms with E-state index in [4.69, 9.17) is 5.73 Å². The molecule has 2 aliphatic heterocycles. The van der Waals surface area contributed by atoms with Crippen LogP contribution in [-0.2, 0) is 22.6 Å². The zero-order valence-corrected chi connectivity index (χ0v) is 16.9. The zero-order chi connectivity index (χ0) is 22.0. The van der Waals surface area contributed by atoms with Crippen molar-refractivity contribution >= 4 is 29.3 Å². The van der Waals surface area contributed by atoms with Gasteiger partial charge in [0.15, 0.2) is 0 Å². The molecule has 0 spiro atoms. The Hall–Kier alpha value is -3.75. The largest absolute Gasteiger partial charge is 0.385 e. The van der Waals surface area contributed by atoms with Gasteiger partial charge in [-0.15, -0.1) is 0 Å². The number of pyridine rings is 1. The van der Waals surface area contributed by atoms with E-state index in [-0.39, 0.29) is 23.9 Å². The predicted octanol–water partition coefficient (Wildman–Crippen LogP) is 0.986. The number of fused-ring (bicyclic) bond motifs is 1. The molecule has 1 aromatic carbocycles. The maximum Gasteiger partial charge on any atom is 0.267 e. The Morgan fingerprint density at radius 2 is 2.06 bits per heavy atom. The van der Waals surface area contributed by atoms with Crippen molar-refractivity contribution in [3.8, 4) is 0 Å². The lowest BCUT2D eigenvalue weighted by atomic mass is 10.0. The maximum atomic E-state index is 12.9. The number of rotatable bonds is 7. The smallest absolute Gasteiger partial charge is 0.267 e. The molecule has 1 aromatic heterocycles. The van der Waals surface area contributed by atoms with E-state index in [1.54, 1.807) is 24.4 Å². The number of primary amides is 1. The van der Waals surface area contributed by atoms with Gasteiger partial charge in [0.25, 0.3) is 11.8 Å². The van der Waals surface area contributed by atoms with Crippen molar-refractivity contribution in [1.82, 2.24) is 15.2 Å². The van der Waals surface area contributed by atoms with Gasteiger partial charge >= 0.3 is 0 Å². The summed E-state index contributed by atoms with van der Waals surface area (Å²) in [4.78, 5) is 53.6. The van der Waals surface area contributed by atoms with Crippen molar-refractivity contribution in [3.05, 3.63) is 58.9 Å². The third-order valence-electron chi connectivity index (χ3n) is 5.65. The molecule has 0 bridgehead atoms. The third kappa shape index (κ3) is 4.11. The molecule has 2 aromatic rings. The average Bonchev–Trinajstić information content (AvgIpc) is 3.08. The molecular weight excluding hydrogens is 398 g/mol. The van der Waals surface area contributed by atoms with E-state index in [1.165, 1.54) is 4.90 Å². The Kier molecular flexibility index (Phi) is 5.66. The number of benzene rings is 1. The van der Waals surface area contributed by atoms with Crippen LogP contribution in [0.15, 0.2) is 36.5 Å². The molecule has 1 fully saturated rings. The quantitative estimate of drug-likeness (QED) is 0.451. The van der Waals surface area contributed by atoms with Crippen molar-refractivity contribution in [2.24, 2.45) is 5.73 Å². The first-order valence-electron chi connectivity index (χ1n) is 10.2. The fourth-order valence-corrected chi connectivity index (χ4v) is 4.12. The van der Waals surface area contributed by atoms with Crippen LogP contribution in [0, 0.1) is 0 Å². The SMILES string of the molecule is NC(=O)c1ncccc1CCCNc1cccc2c1CN(C1CCC(=O)NC1=O)C2=O. The molecule has 4 N–H and O–H groups in total. The average molecular weight is 421 g/mol. The third-order valence-corrected chi connectivity index (χ3v) is 5.65. The fourth-order valence-electron chi connectivity index (χ4n) is 4.12. The van der Waals surface area contributed by atoms with Crippen molar-refractivity contribution in [2.45, 2.75) is 38.3 Å². The molecule has 0 saturated carbocycles. The molecule has 4 rings (SSSR count). The summed E-state index contributed by atoms with van der Waals surface area (Å²) in [6.07, 6.45) is 3.47. The molecule has 4 amide bonds. The minimum absolute atomic E-state index is 0.199. The van der Waals surface area contributed by atoms with E-state index in [9.17, 15) is 19.2 Å². The number of hydrogen-bond acceptors (Lipinski definition) is 6. The number of aryl methyl sites for hydroxylation is 1. The molecule has 0 radical (unpaired) electrons. The van der Waals surface area contributed by atoms with Gasteiger partial charge in [-0.3, -0.25) is 29.5 Å². The number of nitrogens with zero attached hydrogens (tertiary/aromatic N) is 2. The second-order valence-electron chi connectivity index (χ2n) is 7.64. The number of carbonyl (C=O) groups is 4. The molecule has 1 atom stereocenters. The fraction of sp³-hybridized carbons (Fsp3) is 0.318. The van der Waals surface area contributed by atoms with E-state index in [0.717, 1.165) is 23.2 Å². The summed E-state index contributed by atoms with van der Waals surface area (Å²) < 4.78 is 0. The van der Waals surface area contributed by atoms with Gasteiger partial charge in [-0.25, -0.2) is 0 Å². The minimum atomic E-state index is -0.636. The second kappa shape index (κ2) is 8.55. The van der Waals surface area contributed by atoms with Gasteiger partial charge in [0.2, 0.25) is 11.8 Å². The number of carbonyl (C=O) groups excluding carboxylic acids is 4. The number of amides is 4. The molecule has 31 heavy (non-hydrogen) atoms. The summed E-state index contributed by atoms with van der Waals surface area (Å²) in [6.45, 7) is 0.939. The standard InChI is InChI=1S/C22H23N5O4/c23-20(29)19-13(5-3-11-25-19)4-2-10-24-16-7-1-6-14-15(16)12-27(22(14)31)17-8-9-18(28)26-21(17)30/h1,3,5-7,11,17,24H,2,4,8-10,12H2,(H2,23,29)(H,26,28,30). The van der Waals surface area contributed by atoms with Gasteiger partial charge in [-0.2, -0.15) is 0 Å². The summed E-state index contributed by atoms with van der Waals surface area (Å²) in [6, 6.07) is 8.43. The summed E-state index contributed by atoms with van der Waals surface area (Å²) >= 11 is 0. The van der Waals surface area contributed by atoms with E-state index in [0.29, 0.717) is 31.5 Å². The Labute approximate surface area is 179 Å². The van der Waals surface area contributed by atoms with Gasteiger partial charge in [0.1, 0.15) is 11.7 Å². The van der Waals surface area contributed by atoms with Gasteiger partial charge in [-0.1, -0.05) is 12.1 Å². The first-order valence-corrected chi connectivity index (χ1v) is 10.2. The van der Waals surface area contributed by atoms with Crippen LogP contribution in [0.3, 0.4) is 0 Å². The maximum absolute atomic E-state index is 12.9. The monoisotopic (exact) mass is 421 g/mol. The van der Waals surface area contributed by atoms with Gasteiger partial charge < -0.3 is 16.0 Å². The topological polar surface area (TPSA) is 134 Å². The van der Waals surface area contributed by atoms with Crippen LogP contribution in [-0.4, -0.2) is 46.1 Å². The number of nitrogens with two attached hydrogens (primary N) is 1. The molecule has 9 nitrogen and oxygen atoms in total. The molecular formula is C22H23N5O4. The molecule has 160 valence electrons. The first-order chi connectivity index (χ1) is 15.0. The molecule has 1 saturated heterocycles. The van der Waals surface area contributed by atoms with E-state index in [1.807, 2.05) is 12.1 Å². The Morgan fingerprint density at radius 3 is 2.84 bits per heavy atom. The van der Waals surface area contributed by atoms with Gasteiger partial charge in [0.05, 0.1) is 0 Å². The summed E-state index contributed by atoms with van der Waals surface area (Å²) in [5, 5.41) is 5.67. The highest BCUT2D eigenvalue weighted by atomic mass is 16.2. The zero-order valence-electron chi connectivity index (χ0n) is 16.9. The summed E-state index contributed by atoms with van der Waals surface area (Å²) in [7, 11) is 0. The minimum Gasteiger partial charge on any atom is -0.385 e. The van der Waals surface area contributed by atoms with Crippen molar-refractivity contribution in [3.63, 3.8) is 0 Å². The number of aromatic nitrogens is 1. The lowest BCUT2D eigenvalue weighted by Gasteiger charge is -2.29. The molecule has 1 unspecified atom stereocenters. The molecule has 9 heteroatoms. The summed E-state index contributed by atoms with van der Waals surface area (Å²) in [5.41, 5.74) is 8.71. The Bertz CT molecular complexity index is 1070. The number of anilines is 1. The molecule has 0 aliphatic carbocycles. The normalized spacial score (nSPS) is 18.0. The van der Waals surface area contributed by atoms with Crippen LogP contribution in [0.5, 0.6) is 0 Å². The number of imide groups is 1. The lowest BCUT2D eigenvalue weighted by Crippen LogP contribution is -2.52. The Morgan fingerprint density at radius 1 is 1.23 bits per heavy atom. The van der Waals surface area contributed by atoms with Crippen LogP contribution in [0.1, 0.15) is 51.2 Å². The van der Waals surface area contributed by atoms with Gasteiger partial charge in [0, 0.05) is 42.5 Å². The van der Waals surface area contributed by atoms with Crippen molar-refractivity contribution in [2.75, 3.05) is 11.9 Å². The van der Waals surface area contributed by atoms with Crippen LogP contribution >= 0.6 is 0 Å². The van der Waals surface area contributed by atoms with Gasteiger partial charge in [-0.05, 0) is 43.0 Å². The van der Waals surface area contributed by atoms with Crippen LogP contribution in [0.4, 0.5) is 5.69 Å². The summed E-state index contributed by atoms with van der Waals surface area (Å²) in [5.74, 6) is -1.47. The van der Waals surface area contributed by atoms with E-state index in [2.05, 4.69) is 15.6 Å². The Balaban J connectivity index is 1.41. The van der Waals surface area contributed by atoms with Crippen LogP contribution < -0.4 is 16.4 Å². The highest BCUT2D eigenvalue weighted by Crippen LogP contribution is 2.32. The lowest BCUT2D eigenvalue weighted by molar-refractivity contribution is -0.136. The van der Waals surface area contributed by atoms with Crippen molar-refractivity contribution in [1.29, 1.82) is 0 Å². The highest BCUT2D eigenvalue weighted by molar-refractivity contribution is 6.06. The van der Waals surface area contributed by atoms with Crippen LogP contribution in [0.25, 0.3) is 0 Å². The highest BCUT2D eigenvalue weighted by Gasteiger charge is 2.39. The number of nitrogens with one attached hydrogen (secondary N) is 2. The first kappa shape index (κ1) is 20.5. The number of hydrogen-bond donors (Lipinski definition) is 3. The van der Waals surface area contributed by atoms with E-state index >= 15 is 0 Å². The number of piperidine rings is 1. The second-order valence-corrected chi connectivity index (χ2v) is 7.64. The molecule has 3 heterocycles. The molecule has 2 aliphatic rings. The van der Waals surface area contributed by atoms with Crippen molar-refractivity contribution < 1.29 is 19.2 Å². The van der Waals surface area contributed by atoms with E-state index < -0.39 is 17.9 Å². The predicted molar refractivity (Wildman–Crippen MR) is 112 cm³/mol.